The molecule has 17 heavy (non-hydrogen) atoms. The summed E-state index contributed by atoms with van der Waals surface area (Å²) in [7, 11) is 1.60. The Hall–Kier alpha value is -1.42. The molecule has 0 saturated heterocycles. The van der Waals surface area contributed by atoms with Crippen LogP contribution in [0.5, 0.6) is 0 Å². The van der Waals surface area contributed by atoms with Crippen LogP contribution in [0.4, 0.5) is 4.39 Å². The number of ether oxygens (including phenoxy) is 2. The molecule has 0 bridgehead atoms. The van der Waals surface area contributed by atoms with Gasteiger partial charge >= 0.3 is 5.97 Å². The van der Waals surface area contributed by atoms with Crippen molar-refractivity contribution in [2.24, 2.45) is 0 Å². The first-order valence-corrected chi connectivity index (χ1v) is 5.43. The minimum atomic E-state index is -0.644. The van der Waals surface area contributed by atoms with Gasteiger partial charge in [-0.2, -0.15) is 0 Å². The maximum absolute atomic E-state index is 13.2. The van der Waals surface area contributed by atoms with E-state index in [2.05, 4.69) is 0 Å². The SMILES string of the molecule is COC(C)(C)CCOC(=O)c1ccccc1F. The lowest BCUT2D eigenvalue weighted by molar-refractivity contribution is -0.00574. The Morgan fingerprint density at radius 2 is 2.00 bits per heavy atom. The van der Waals surface area contributed by atoms with Crippen LogP contribution >= 0.6 is 0 Å². The lowest BCUT2D eigenvalue weighted by Gasteiger charge is -2.22. The number of halogens is 1. The van der Waals surface area contributed by atoms with Crippen molar-refractivity contribution in [3.63, 3.8) is 0 Å². The maximum Gasteiger partial charge on any atom is 0.341 e. The first-order valence-electron chi connectivity index (χ1n) is 5.43. The summed E-state index contributed by atoms with van der Waals surface area (Å²) >= 11 is 0. The van der Waals surface area contributed by atoms with Gasteiger partial charge in [-0.1, -0.05) is 12.1 Å². The smallest absolute Gasteiger partial charge is 0.341 e. The van der Waals surface area contributed by atoms with Crippen LogP contribution in [0.3, 0.4) is 0 Å². The second kappa shape index (κ2) is 5.77. The van der Waals surface area contributed by atoms with Crippen LogP contribution in [0.15, 0.2) is 24.3 Å². The van der Waals surface area contributed by atoms with Crippen LogP contribution in [-0.4, -0.2) is 25.3 Å². The molecular weight excluding hydrogens is 223 g/mol. The topological polar surface area (TPSA) is 35.5 Å². The first-order chi connectivity index (χ1) is 7.96. The summed E-state index contributed by atoms with van der Waals surface area (Å²) in [6, 6.07) is 5.76. The number of esters is 1. The minimum absolute atomic E-state index is 0.0391. The van der Waals surface area contributed by atoms with Crippen molar-refractivity contribution in [3.8, 4) is 0 Å². The fraction of sp³-hybridized carbons (Fsp3) is 0.462. The minimum Gasteiger partial charge on any atom is -0.462 e. The van der Waals surface area contributed by atoms with E-state index in [-0.39, 0.29) is 17.8 Å². The summed E-state index contributed by atoms with van der Waals surface area (Å²) in [5, 5.41) is 0. The molecule has 0 aliphatic carbocycles. The molecule has 1 aromatic carbocycles. The largest absolute Gasteiger partial charge is 0.462 e. The maximum atomic E-state index is 13.2. The number of carbonyl (C=O) groups excluding carboxylic acids is 1. The number of hydrogen-bond donors (Lipinski definition) is 0. The van der Waals surface area contributed by atoms with E-state index < -0.39 is 11.8 Å². The van der Waals surface area contributed by atoms with Crippen molar-refractivity contribution in [1.29, 1.82) is 0 Å². The van der Waals surface area contributed by atoms with E-state index >= 15 is 0 Å². The van der Waals surface area contributed by atoms with Crippen molar-refractivity contribution in [2.75, 3.05) is 13.7 Å². The van der Waals surface area contributed by atoms with Gasteiger partial charge in [-0.15, -0.1) is 0 Å². The Kier molecular flexibility index (Phi) is 4.63. The fourth-order valence-corrected chi connectivity index (χ4v) is 1.20. The molecule has 0 aromatic heterocycles. The van der Waals surface area contributed by atoms with Crippen LogP contribution in [0.1, 0.15) is 30.6 Å². The molecule has 0 unspecified atom stereocenters. The zero-order valence-electron chi connectivity index (χ0n) is 10.3. The average Bonchev–Trinajstić information content (AvgIpc) is 2.29. The Balaban J connectivity index is 2.49. The molecule has 0 N–H and O–H groups in total. The number of benzene rings is 1. The van der Waals surface area contributed by atoms with Crippen molar-refractivity contribution < 1.29 is 18.7 Å². The van der Waals surface area contributed by atoms with Crippen LogP contribution in [0.25, 0.3) is 0 Å². The molecule has 4 heteroatoms. The molecule has 94 valence electrons. The predicted octanol–water partition coefficient (Wildman–Crippen LogP) is 2.80. The van der Waals surface area contributed by atoms with Crippen LogP contribution in [-0.2, 0) is 9.47 Å². The van der Waals surface area contributed by atoms with E-state index in [4.69, 9.17) is 9.47 Å². The number of rotatable bonds is 5. The van der Waals surface area contributed by atoms with Crippen LogP contribution in [0.2, 0.25) is 0 Å². The standard InChI is InChI=1S/C13H17FO3/c1-13(2,16-3)8-9-17-12(15)10-6-4-5-7-11(10)14/h4-7H,8-9H2,1-3H3. The van der Waals surface area contributed by atoms with E-state index in [9.17, 15) is 9.18 Å². The molecule has 0 saturated carbocycles. The Labute approximate surface area is 101 Å². The van der Waals surface area contributed by atoms with Gasteiger partial charge in [0.1, 0.15) is 5.82 Å². The predicted molar refractivity (Wildman–Crippen MR) is 62.4 cm³/mol. The molecule has 0 heterocycles. The average molecular weight is 240 g/mol. The third kappa shape index (κ3) is 4.15. The normalized spacial score (nSPS) is 11.3. The fourth-order valence-electron chi connectivity index (χ4n) is 1.20. The molecule has 0 amide bonds. The number of hydrogen-bond acceptors (Lipinski definition) is 3. The van der Waals surface area contributed by atoms with Gasteiger partial charge in [0.2, 0.25) is 0 Å². The van der Waals surface area contributed by atoms with Gasteiger partial charge in [-0.05, 0) is 26.0 Å². The highest BCUT2D eigenvalue weighted by Gasteiger charge is 2.18. The van der Waals surface area contributed by atoms with E-state index in [1.807, 2.05) is 13.8 Å². The Morgan fingerprint density at radius 1 is 1.35 bits per heavy atom. The van der Waals surface area contributed by atoms with E-state index in [1.54, 1.807) is 13.2 Å². The molecule has 0 radical (unpaired) electrons. The van der Waals surface area contributed by atoms with Crippen molar-refractivity contribution in [1.82, 2.24) is 0 Å². The second-order valence-electron chi connectivity index (χ2n) is 4.33. The quantitative estimate of drug-likeness (QED) is 0.742. The lowest BCUT2D eigenvalue weighted by atomic mass is 10.1. The third-order valence-corrected chi connectivity index (χ3v) is 2.58. The van der Waals surface area contributed by atoms with Crippen molar-refractivity contribution in [2.45, 2.75) is 25.9 Å². The molecular formula is C13H17FO3. The van der Waals surface area contributed by atoms with Crippen LogP contribution < -0.4 is 0 Å². The van der Waals surface area contributed by atoms with E-state index in [0.717, 1.165) is 0 Å². The molecule has 0 aliphatic heterocycles. The highest BCUT2D eigenvalue weighted by molar-refractivity contribution is 5.89. The summed E-state index contributed by atoms with van der Waals surface area (Å²) in [5.74, 6) is -1.21. The molecule has 3 nitrogen and oxygen atoms in total. The monoisotopic (exact) mass is 240 g/mol. The Bertz CT molecular complexity index is 388. The van der Waals surface area contributed by atoms with Gasteiger partial charge < -0.3 is 9.47 Å². The van der Waals surface area contributed by atoms with Crippen LogP contribution in [0, 0.1) is 5.82 Å². The zero-order chi connectivity index (χ0) is 12.9. The molecule has 0 aliphatic rings. The number of carbonyl (C=O) groups is 1. The van der Waals surface area contributed by atoms with Gasteiger partial charge in [-0.3, -0.25) is 0 Å². The molecule has 1 aromatic rings. The second-order valence-corrected chi connectivity index (χ2v) is 4.33. The van der Waals surface area contributed by atoms with Gasteiger partial charge in [0, 0.05) is 13.5 Å². The van der Waals surface area contributed by atoms with Gasteiger partial charge in [-0.25, -0.2) is 9.18 Å². The Morgan fingerprint density at radius 3 is 2.59 bits per heavy atom. The first kappa shape index (κ1) is 13.6. The molecule has 0 fully saturated rings. The summed E-state index contributed by atoms with van der Waals surface area (Å²) in [5.41, 5.74) is -0.391. The van der Waals surface area contributed by atoms with Gasteiger partial charge in [0.05, 0.1) is 17.8 Å². The van der Waals surface area contributed by atoms with E-state index in [1.165, 1.54) is 18.2 Å². The van der Waals surface area contributed by atoms with Crippen molar-refractivity contribution >= 4 is 5.97 Å². The summed E-state index contributed by atoms with van der Waals surface area (Å²) in [6.07, 6.45) is 0.559. The van der Waals surface area contributed by atoms with E-state index in [0.29, 0.717) is 6.42 Å². The third-order valence-electron chi connectivity index (χ3n) is 2.58. The molecule has 0 atom stereocenters. The highest BCUT2D eigenvalue weighted by Crippen LogP contribution is 2.14. The highest BCUT2D eigenvalue weighted by atomic mass is 19.1. The zero-order valence-corrected chi connectivity index (χ0v) is 10.3. The van der Waals surface area contributed by atoms with Gasteiger partial charge in [0.15, 0.2) is 0 Å². The summed E-state index contributed by atoms with van der Waals surface area (Å²) < 4.78 is 23.4. The molecule has 1 rings (SSSR count). The summed E-state index contributed by atoms with van der Waals surface area (Å²) in [4.78, 5) is 11.5. The molecule has 0 spiro atoms. The summed E-state index contributed by atoms with van der Waals surface area (Å²) in [6.45, 7) is 3.99. The number of methoxy groups -OCH3 is 1. The van der Waals surface area contributed by atoms with Gasteiger partial charge in [0.25, 0.3) is 0 Å². The van der Waals surface area contributed by atoms with Crippen molar-refractivity contribution in [3.05, 3.63) is 35.6 Å². The lowest BCUT2D eigenvalue weighted by Crippen LogP contribution is -2.25.